The molecule has 0 spiro atoms. The maximum absolute atomic E-state index is 12.7. The monoisotopic (exact) mass is 443 g/mol. The number of amides is 1. The molecule has 1 aliphatic heterocycles. The van der Waals surface area contributed by atoms with E-state index in [4.69, 9.17) is 5.11 Å². The van der Waals surface area contributed by atoms with Crippen molar-refractivity contribution in [2.45, 2.75) is 19.4 Å². The van der Waals surface area contributed by atoms with E-state index < -0.39 is 23.7 Å². The second-order valence-corrected chi connectivity index (χ2v) is 7.47. The van der Waals surface area contributed by atoms with Gasteiger partial charge in [-0.2, -0.15) is 0 Å². The van der Waals surface area contributed by atoms with Gasteiger partial charge in [-0.1, -0.05) is 57.9 Å². The fraction of sp³-hybridized carbons (Fsp3) is 0.190. The van der Waals surface area contributed by atoms with Crippen LogP contribution in [0, 0.1) is 6.92 Å². The first-order chi connectivity index (χ1) is 13.3. The smallest absolute Gasteiger partial charge is 0.305 e. The molecule has 2 aromatic rings. The lowest BCUT2D eigenvalue weighted by molar-refractivity contribution is -0.142. The number of carboxylic acids is 1. The molecule has 1 atom stereocenters. The maximum atomic E-state index is 12.7. The molecular weight excluding hydrogens is 426 g/mol. The number of aliphatic hydroxyl groups excluding tert-OH is 1. The van der Waals surface area contributed by atoms with Gasteiger partial charge in [0, 0.05) is 16.6 Å². The zero-order valence-corrected chi connectivity index (χ0v) is 16.6. The summed E-state index contributed by atoms with van der Waals surface area (Å²) in [6.07, 6.45) is -0.301. The van der Waals surface area contributed by atoms with E-state index in [1.807, 2.05) is 6.92 Å². The number of aliphatic carboxylic acids is 1. The summed E-state index contributed by atoms with van der Waals surface area (Å²) < 4.78 is 0.817. The molecule has 0 aliphatic carbocycles. The number of likely N-dealkylation sites (tertiary alicyclic amines) is 1. The summed E-state index contributed by atoms with van der Waals surface area (Å²) in [4.78, 5) is 37.5. The van der Waals surface area contributed by atoms with E-state index in [-0.39, 0.29) is 24.3 Å². The lowest BCUT2D eigenvalue weighted by Crippen LogP contribution is -2.31. The highest BCUT2D eigenvalue weighted by Crippen LogP contribution is 2.39. The Morgan fingerprint density at radius 2 is 1.64 bits per heavy atom. The van der Waals surface area contributed by atoms with Gasteiger partial charge in [0.25, 0.3) is 11.7 Å². The van der Waals surface area contributed by atoms with Gasteiger partial charge in [-0.05, 0) is 24.6 Å². The highest BCUT2D eigenvalue weighted by molar-refractivity contribution is 9.10. The number of hydrogen-bond donors (Lipinski definition) is 2. The molecule has 2 N–H and O–H groups in total. The first-order valence-electron chi connectivity index (χ1n) is 8.62. The van der Waals surface area contributed by atoms with Crippen molar-refractivity contribution in [3.8, 4) is 0 Å². The molecule has 1 amide bonds. The molecule has 7 heteroatoms. The van der Waals surface area contributed by atoms with E-state index >= 15 is 0 Å². The van der Waals surface area contributed by atoms with E-state index in [0.717, 1.165) is 10.0 Å². The number of carbonyl (C=O) groups is 3. The normalized spacial score (nSPS) is 18.5. The van der Waals surface area contributed by atoms with Gasteiger partial charge >= 0.3 is 5.97 Å². The fourth-order valence-electron chi connectivity index (χ4n) is 3.19. The van der Waals surface area contributed by atoms with Crippen molar-refractivity contribution >= 4 is 39.3 Å². The summed E-state index contributed by atoms with van der Waals surface area (Å²) in [5, 5.41) is 19.8. The van der Waals surface area contributed by atoms with E-state index in [2.05, 4.69) is 15.9 Å². The van der Waals surface area contributed by atoms with E-state index in [1.54, 1.807) is 48.5 Å². The number of nitrogens with zero attached hydrogens (tertiary/aromatic N) is 1. The number of rotatable bonds is 5. The molecule has 0 radical (unpaired) electrons. The van der Waals surface area contributed by atoms with Crippen molar-refractivity contribution in [1.82, 2.24) is 4.90 Å². The Hall–Kier alpha value is -2.93. The molecule has 2 aromatic carbocycles. The van der Waals surface area contributed by atoms with Crippen LogP contribution in [-0.4, -0.2) is 39.3 Å². The van der Waals surface area contributed by atoms with Crippen LogP contribution in [0.1, 0.15) is 29.2 Å². The Labute approximate surface area is 170 Å². The molecule has 1 aliphatic rings. The van der Waals surface area contributed by atoms with Gasteiger partial charge in [-0.25, -0.2) is 0 Å². The minimum absolute atomic E-state index is 0.0402. The van der Waals surface area contributed by atoms with Crippen molar-refractivity contribution in [2.75, 3.05) is 6.54 Å². The molecule has 1 heterocycles. The van der Waals surface area contributed by atoms with E-state index in [0.29, 0.717) is 11.1 Å². The second kappa shape index (κ2) is 7.98. The first-order valence-corrected chi connectivity index (χ1v) is 9.41. The van der Waals surface area contributed by atoms with Crippen LogP contribution in [0.2, 0.25) is 0 Å². The molecule has 1 unspecified atom stereocenters. The number of ketones is 1. The first kappa shape index (κ1) is 19.8. The zero-order valence-electron chi connectivity index (χ0n) is 15.1. The minimum atomic E-state index is -1.07. The van der Waals surface area contributed by atoms with E-state index in [1.165, 1.54) is 4.90 Å². The second-order valence-electron chi connectivity index (χ2n) is 6.55. The topological polar surface area (TPSA) is 94.9 Å². The molecule has 28 heavy (non-hydrogen) atoms. The molecule has 6 nitrogen and oxygen atoms in total. The van der Waals surface area contributed by atoms with Crippen molar-refractivity contribution < 1.29 is 24.6 Å². The van der Waals surface area contributed by atoms with Crippen molar-refractivity contribution in [3.63, 3.8) is 0 Å². The van der Waals surface area contributed by atoms with Crippen LogP contribution in [0.25, 0.3) is 5.76 Å². The molecular formula is C21H18BrNO5. The zero-order chi connectivity index (χ0) is 20.4. The number of hydrogen-bond acceptors (Lipinski definition) is 4. The summed E-state index contributed by atoms with van der Waals surface area (Å²) >= 11 is 3.34. The largest absolute Gasteiger partial charge is 0.507 e. The number of Topliss-reactive ketones (excluding diaryl/α,β-unsaturated/α-hetero) is 1. The number of benzene rings is 2. The third-order valence-electron chi connectivity index (χ3n) is 4.62. The van der Waals surface area contributed by atoms with Crippen molar-refractivity contribution in [2.24, 2.45) is 0 Å². The Kier molecular flexibility index (Phi) is 5.65. The van der Waals surface area contributed by atoms with Gasteiger partial charge in [0.15, 0.2) is 0 Å². The third-order valence-corrected chi connectivity index (χ3v) is 5.15. The van der Waals surface area contributed by atoms with Crippen molar-refractivity contribution in [1.29, 1.82) is 0 Å². The van der Waals surface area contributed by atoms with Crippen LogP contribution in [0.15, 0.2) is 58.6 Å². The molecule has 144 valence electrons. The quantitative estimate of drug-likeness (QED) is 0.417. The number of halogens is 1. The lowest BCUT2D eigenvalue weighted by Gasteiger charge is -2.24. The fourth-order valence-corrected chi connectivity index (χ4v) is 3.45. The molecule has 1 fully saturated rings. The lowest BCUT2D eigenvalue weighted by atomic mass is 9.95. The molecule has 1 saturated heterocycles. The highest BCUT2D eigenvalue weighted by atomic mass is 79.9. The van der Waals surface area contributed by atoms with E-state index in [9.17, 15) is 19.5 Å². The van der Waals surface area contributed by atoms with Gasteiger partial charge in [-0.15, -0.1) is 0 Å². The number of carbonyl (C=O) groups excluding carboxylic acids is 2. The predicted molar refractivity (Wildman–Crippen MR) is 107 cm³/mol. The Morgan fingerprint density at radius 3 is 2.21 bits per heavy atom. The Bertz CT molecular complexity index is 963. The predicted octanol–water partition coefficient (Wildman–Crippen LogP) is 3.65. The third kappa shape index (κ3) is 3.84. The number of aliphatic hydroxyl groups is 1. The average molecular weight is 444 g/mol. The van der Waals surface area contributed by atoms with Gasteiger partial charge in [-0.3, -0.25) is 14.4 Å². The average Bonchev–Trinajstić information content (AvgIpc) is 2.91. The molecule has 0 bridgehead atoms. The van der Waals surface area contributed by atoms with Gasteiger partial charge < -0.3 is 15.1 Å². The molecule has 3 rings (SSSR count). The van der Waals surface area contributed by atoms with Gasteiger partial charge in [0.2, 0.25) is 0 Å². The summed E-state index contributed by atoms with van der Waals surface area (Å²) in [6.45, 7) is 1.77. The Balaban J connectivity index is 2.14. The van der Waals surface area contributed by atoms with Crippen LogP contribution in [0.3, 0.4) is 0 Å². The van der Waals surface area contributed by atoms with Crippen LogP contribution in [0.4, 0.5) is 0 Å². The summed E-state index contributed by atoms with van der Waals surface area (Å²) in [7, 11) is 0. The van der Waals surface area contributed by atoms with Crippen molar-refractivity contribution in [3.05, 3.63) is 75.3 Å². The summed E-state index contributed by atoms with van der Waals surface area (Å²) in [5.74, 6) is -2.99. The van der Waals surface area contributed by atoms with Crippen LogP contribution in [0.5, 0.6) is 0 Å². The maximum Gasteiger partial charge on any atom is 0.305 e. The molecule has 0 saturated carbocycles. The molecule has 0 aromatic heterocycles. The van der Waals surface area contributed by atoms with Crippen LogP contribution >= 0.6 is 15.9 Å². The standard InChI is InChI=1S/C21H18BrNO5/c1-12-2-4-14(5-3-12)19(26)17-18(13-6-8-15(22)9-7-13)23(11-10-16(24)25)21(28)20(17)27/h2-9,18,26H,10-11H2,1H3,(H,24,25)/b19-17+. The number of carboxylic acid groups (broad SMARTS) is 1. The SMILES string of the molecule is Cc1ccc(/C(O)=C2\C(=O)C(=O)N(CCC(=O)O)C2c2ccc(Br)cc2)cc1. The van der Waals surface area contributed by atoms with Crippen LogP contribution < -0.4 is 0 Å². The number of aryl methyl sites for hydroxylation is 1. The summed E-state index contributed by atoms with van der Waals surface area (Å²) in [6, 6.07) is 13.1. The minimum Gasteiger partial charge on any atom is -0.507 e. The highest BCUT2D eigenvalue weighted by Gasteiger charge is 2.46. The van der Waals surface area contributed by atoms with Gasteiger partial charge in [0.05, 0.1) is 18.0 Å². The summed E-state index contributed by atoms with van der Waals surface area (Å²) in [5.41, 5.74) is 1.98. The van der Waals surface area contributed by atoms with Crippen LogP contribution in [-0.2, 0) is 14.4 Å². The Morgan fingerprint density at radius 1 is 1.04 bits per heavy atom. The van der Waals surface area contributed by atoms with Gasteiger partial charge in [0.1, 0.15) is 5.76 Å².